The van der Waals surface area contributed by atoms with Crippen molar-refractivity contribution < 1.29 is 9.47 Å². The Kier molecular flexibility index (Phi) is 3.78. The molecule has 2 atom stereocenters. The van der Waals surface area contributed by atoms with Gasteiger partial charge in [0.25, 0.3) is 0 Å². The lowest BCUT2D eigenvalue weighted by Crippen LogP contribution is -2.40. The van der Waals surface area contributed by atoms with Crippen molar-refractivity contribution in [2.24, 2.45) is 0 Å². The van der Waals surface area contributed by atoms with E-state index in [9.17, 15) is 0 Å². The van der Waals surface area contributed by atoms with Gasteiger partial charge in [0.15, 0.2) is 0 Å². The maximum absolute atomic E-state index is 5.70. The fourth-order valence-corrected chi connectivity index (χ4v) is 2.46. The zero-order chi connectivity index (χ0) is 12.5. The molecule has 2 N–H and O–H groups in total. The number of nitrogens with one attached hydrogen (secondary N) is 2. The molecule has 2 aliphatic heterocycles. The minimum atomic E-state index is 0.134. The molecule has 0 bridgehead atoms. The van der Waals surface area contributed by atoms with Crippen molar-refractivity contribution in [2.45, 2.75) is 70.5 Å². The van der Waals surface area contributed by atoms with Crippen LogP contribution in [0.25, 0.3) is 0 Å². The Labute approximate surface area is 104 Å². The zero-order valence-corrected chi connectivity index (χ0v) is 11.5. The number of hydrogen-bond acceptors (Lipinski definition) is 4. The maximum Gasteiger partial charge on any atom is 0.108 e. The van der Waals surface area contributed by atoms with E-state index in [0.717, 1.165) is 32.5 Å². The Balaban J connectivity index is 1.61. The van der Waals surface area contributed by atoms with Crippen LogP contribution in [0.5, 0.6) is 0 Å². The quantitative estimate of drug-likeness (QED) is 0.786. The number of rotatable bonds is 4. The molecule has 0 aromatic carbocycles. The largest absolute Gasteiger partial charge is 0.361 e. The van der Waals surface area contributed by atoms with Gasteiger partial charge in [0, 0.05) is 11.1 Å². The van der Waals surface area contributed by atoms with Gasteiger partial charge in [0.1, 0.15) is 12.5 Å². The van der Waals surface area contributed by atoms with Crippen molar-refractivity contribution in [3.05, 3.63) is 0 Å². The van der Waals surface area contributed by atoms with Gasteiger partial charge in [-0.05, 0) is 47.0 Å². The topological polar surface area (TPSA) is 42.5 Å². The van der Waals surface area contributed by atoms with E-state index < -0.39 is 0 Å². The SMILES string of the molecule is CC1(C)COC(CCCC2NC(C)(C)CO2)N1. The minimum absolute atomic E-state index is 0.134. The Bertz CT molecular complexity index is 240. The highest BCUT2D eigenvalue weighted by Gasteiger charge is 2.32. The predicted molar refractivity (Wildman–Crippen MR) is 67.8 cm³/mol. The number of hydrogen-bond donors (Lipinski definition) is 2. The van der Waals surface area contributed by atoms with Gasteiger partial charge in [-0.15, -0.1) is 0 Å². The first-order chi connectivity index (χ1) is 7.86. The summed E-state index contributed by atoms with van der Waals surface area (Å²) in [6, 6.07) is 0. The summed E-state index contributed by atoms with van der Waals surface area (Å²) in [7, 11) is 0. The number of ether oxygens (including phenoxy) is 2. The van der Waals surface area contributed by atoms with E-state index in [-0.39, 0.29) is 23.5 Å². The Morgan fingerprint density at radius 1 is 0.882 bits per heavy atom. The highest BCUT2D eigenvalue weighted by molar-refractivity contribution is 4.86. The van der Waals surface area contributed by atoms with Gasteiger partial charge in [-0.25, -0.2) is 0 Å². The van der Waals surface area contributed by atoms with Gasteiger partial charge in [-0.2, -0.15) is 0 Å². The molecular formula is C13H26N2O2. The second kappa shape index (κ2) is 4.84. The van der Waals surface area contributed by atoms with E-state index in [4.69, 9.17) is 9.47 Å². The first-order valence-electron chi connectivity index (χ1n) is 6.65. The molecule has 2 saturated heterocycles. The fourth-order valence-electron chi connectivity index (χ4n) is 2.46. The lowest BCUT2D eigenvalue weighted by atomic mass is 10.1. The molecule has 4 nitrogen and oxygen atoms in total. The van der Waals surface area contributed by atoms with Crippen LogP contribution in [0.15, 0.2) is 0 Å². The summed E-state index contributed by atoms with van der Waals surface area (Å²) in [5.41, 5.74) is 0.267. The molecule has 2 fully saturated rings. The predicted octanol–water partition coefficient (Wildman–Crippen LogP) is 1.61. The molecular weight excluding hydrogens is 216 g/mol. The minimum Gasteiger partial charge on any atom is -0.361 e. The highest BCUT2D eigenvalue weighted by Crippen LogP contribution is 2.21. The van der Waals surface area contributed by atoms with Crippen molar-refractivity contribution in [3.63, 3.8) is 0 Å². The van der Waals surface area contributed by atoms with Crippen molar-refractivity contribution in [3.8, 4) is 0 Å². The average Bonchev–Trinajstić information content (AvgIpc) is 2.70. The fraction of sp³-hybridized carbons (Fsp3) is 1.00. The molecule has 0 aromatic rings. The van der Waals surface area contributed by atoms with E-state index in [2.05, 4.69) is 38.3 Å². The van der Waals surface area contributed by atoms with Crippen LogP contribution in [-0.2, 0) is 9.47 Å². The average molecular weight is 242 g/mol. The standard InChI is InChI=1S/C13H26N2O2/c1-12(2)8-16-10(14-12)6-5-7-11-15-13(3,4)9-17-11/h10-11,14-15H,5-9H2,1-4H3. The van der Waals surface area contributed by atoms with E-state index >= 15 is 0 Å². The van der Waals surface area contributed by atoms with E-state index in [1.54, 1.807) is 0 Å². The van der Waals surface area contributed by atoms with Gasteiger partial charge < -0.3 is 9.47 Å². The molecule has 0 saturated carbocycles. The second-order valence-corrected chi connectivity index (χ2v) is 6.59. The summed E-state index contributed by atoms with van der Waals surface area (Å²) in [6.45, 7) is 10.3. The van der Waals surface area contributed by atoms with E-state index in [1.165, 1.54) is 0 Å². The van der Waals surface area contributed by atoms with Gasteiger partial charge in [-0.3, -0.25) is 10.6 Å². The van der Waals surface area contributed by atoms with Crippen LogP contribution in [0, 0.1) is 0 Å². The molecule has 2 rings (SSSR count). The van der Waals surface area contributed by atoms with Crippen LogP contribution < -0.4 is 10.6 Å². The molecule has 0 spiro atoms. The molecule has 4 heteroatoms. The molecule has 100 valence electrons. The smallest absolute Gasteiger partial charge is 0.108 e. The first-order valence-corrected chi connectivity index (χ1v) is 6.65. The van der Waals surface area contributed by atoms with Gasteiger partial charge in [-0.1, -0.05) is 0 Å². The van der Waals surface area contributed by atoms with Crippen LogP contribution in [0.1, 0.15) is 47.0 Å². The summed E-state index contributed by atoms with van der Waals surface area (Å²) in [5.74, 6) is 0. The molecule has 0 radical (unpaired) electrons. The highest BCUT2D eigenvalue weighted by atomic mass is 16.5. The van der Waals surface area contributed by atoms with Crippen molar-refractivity contribution in [1.29, 1.82) is 0 Å². The normalized spacial score (nSPS) is 35.3. The third-order valence-electron chi connectivity index (χ3n) is 3.33. The summed E-state index contributed by atoms with van der Waals surface area (Å²) >= 11 is 0. The zero-order valence-electron chi connectivity index (χ0n) is 11.5. The summed E-state index contributed by atoms with van der Waals surface area (Å²) in [4.78, 5) is 0. The monoisotopic (exact) mass is 242 g/mol. The van der Waals surface area contributed by atoms with Crippen molar-refractivity contribution in [1.82, 2.24) is 10.6 Å². The summed E-state index contributed by atoms with van der Waals surface area (Å²) in [5, 5.41) is 6.98. The van der Waals surface area contributed by atoms with Crippen LogP contribution in [-0.4, -0.2) is 36.7 Å². The van der Waals surface area contributed by atoms with Crippen LogP contribution in [0.3, 0.4) is 0 Å². The second-order valence-electron chi connectivity index (χ2n) is 6.59. The first kappa shape index (κ1) is 13.3. The van der Waals surface area contributed by atoms with Gasteiger partial charge in [0.2, 0.25) is 0 Å². The molecule has 2 unspecified atom stereocenters. The van der Waals surface area contributed by atoms with E-state index in [0.29, 0.717) is 0 Å². The third-order valence-corrected chi connectivity index (χ3v) is 3.33. The van der Waals surface area contributed by atoms with Crippen molar-refractivity contribution >= 4 is 0 Å². The van der Waals surface area contributed by atoms with Crippen LogP contribution >= 0.6 is 0 Å². The van der Waals surface area contributed by atoms with Gasteiger partial charge >= 0.3 is 0 Å². The Hall–Kier alpha value is -0.160. The third kappa shape index (κ3) is 3.91. The molecule has 2 aliphatic rings. The molecule has 2 heterocycles. The maximum atomic E-state index is 5.70. The molecule has 0 amide bonds. The van der Waals surface area contributed by atoms with Crippen molar-refractivity contribution in [2.75, 3.05) is 13.2 Å². The molecule has 0 aliphatic carbocycles. The lowest BCUT2D eigenvalue weighted by molar-refractivity contribution is 0.0696. The molecule has 0 aromatic heterocycles. The van der Waals surface area contributed by atoms with Gasteiger partial charge in [0.05, 0.1) is 13.2 Å². The lowest BCUT2D eigenvalue weighted by Gasteiger charge is -2.18. The van der Waals surface area contributed by atoms with E-state index in [1.807, 2.05) is 0 Å². The summed E-state index contributed by atoms with van der Waals surface area (Å²) in [6.07, 6.45) is 3.69. The Morgan fingerprint density at radius 2 is 1.29 bits per heavy atom. The molecule has 17 heavy (non-hydrogen) atoms. The van der Waals surface area contributed by atoms with Crippen LogP contribution in [0.4, 0.5) is 0 Å². The van der Waals surface area contributed by atoms with Crippen LogP contribution in [0.2, 0.25) is 0 Å². The summed E-state index contributed by atoms with van der Waals surface area (Å²) < 4.78 is 11.4. The Morgan fingerprint density at radius 3 is 1.59 bits per heavy atom.